The Hall–Kier alpha value is -4.00. The molecule has 2 aliphatic carbocycles. The number of phenolic OH excluding ortho intramolecular Hbond substituents is 1. The fourth-order valence-corrected chi connectivity index (χ4v) is 11.2. The van der Waals surface area contributed by atoms with Gasteiger partial charge < -0.3 is 9.84 Å². The van der Waals surface area contributed by atoms with Crippen LogP contribution in [-0.4, -0.2) is 56.1 Å². The number of rotatable bonds is 4. The Morgan fingerprint density at radius 3 is 2.48 bits per heavy atom. The lowest BCUT2D eigenvalue weighted by atomic mass is 9.51. The summed E-state index contributed by atoms with van der Waals surface area (Å²) in [6.45, 7) is 9.39. The average molecular weight is 806 g/mol. The zero-order valence-corrected chi connectivity index (χ0v) is 32.9. The molecule has 2 aliphatic heterocycles. The molecule has 4 amide bonds. The average Bonchev–Trinajstić information content (AvgIpc) is 3.75. The molecule has 13 heteroatoms. The van der Waals surface area contributed by atoms with Gasteiger partial charge in [0.25, 0.3) is 0 Å². The molecule has 0 bridgehead atoms. The van der Waals surface area contributed by atoms with Crippen LogP contribution >= 0.6 is 38.9 Å². The number of ether oxygens (including phenoxy) is 1. The molecule has 0 radical (unpaired) electrons. The molecular formula is C39H38BrClN4O6S. The Kier molecular flexibility index (Phi) is 7.92. The van der Waals surface area contributed by atoms with E-state index in [0.29, 0.717) is 33.0 Å². The molecule has 2 aromatic heterocycles. The third-order valence-corrected chi connectivity index (χ3v) is 13.9. The fourth-order valence-electron chi connectivity index (χ4n) is 9.41. The van der Waals surface area contributed by atoms with Crippen LogP contribution in [-0.2, 0) is 26.2 Å². The number of phenols is 1. The maximum atomic E-state index is 15.1. The van der Waals surface area contributed by atoms with Crippen LogP contribution in [0.1, 0.15) is 57.6 Å². The first-order valence-electron chi connectivity index (χ1n) is 17.2. The minimum Gasteiger partial charge on any atom is -0.503 e. The Bertz CT molecular complexity index is 2310. The molecule has 2 aromatic carbocycles. The number of halogens is 2. The van der Waals surface area contributed by atoms with Crippen LogP contribution in [0.5, 0.6) is 11.5 Å². The monoisotopic (exact) mass is 804 g/mol. The van der Waals surface area contributed by atoms with Crippen molar-refractivity contribution in [3.63, 3.8) is 0 Å². The number of likely N-dealkylation sites (tertiary alicyclic amines) is 1. The first kappa shape index (κ1) is 35.1. The number of hydrogen-bond donors (Lipinski definition) is 1. The summed E-state index contributed by atoms with van der Waals surface area (Å²) in [7, 11) is 3.17. The van der Waals surface area contributed by atoms with Gasteiger partial charge in [0.15, 0.2) is 11.5 Å². The fraction of sp³-hybridized carbons (Fsp3) is 0.410. The van der Waals surface area contributed by atoms with E-state index in [1.165, 1.54) is 16.9 Å². The zero-order valence-electron chi connectivity index (χ0n) is 29.8. The maximum Gasteiger partial charge on any atom is 0.242 e. The van der Waals surface area contributed by atoms with Gasteiger partial charge in [-0.15, -0.1) is 11.3 Å². The Labute approximate surface area is 318 Å². The highest BCUT2D eigenvalue weighted by Gasteiger charge is 2.68. The van der Waals surface area contributed by atoms with Crippen molar-refractivity contribution in [2.24, 2.45) is 36.1 Å². The third-order valence-electron chi connectivity index (χ3n) is 11.8. The van der Waals surface area contributed by atoms with E-state index in [9.17, 15) is 19.5 Å². The van der Waals surface area contributed by atoms with Crippen LogP contribution in [0.25, 0.3) is 20.7 Å². The number of aromatic hydroxyl groups is 1. The van der Waals surface area contributed by atoms with Crippen molar-refractivity contribution < 1.29 is 29.0 Å². The van der Waals surface area contributed by atoms with Gasteiger partial charge in [-0.1, -0.05) is 23.3 Å². The van der Waals surface area contributed by atoms with Gasteiger partial charge in [0, 0.05) is 34.3 Å². The second kappa shape index (κ2) is 11.8. The lowest BCUT2D eigenvalue weighted by molar-refractivity contribution is -0.145. The summed E-state index contributed by atoms with van der Waals surface area (Å²) in [5.41, 5.74) is 1.15. The minimum absolute atomic E-state index is 0.0907. The van der Waals surface area contributed by atoms with E-state index in [1.807, 2.05) is 58.9 Å². The Morgan fingerprint density at radius 2 is 1.79 bits per heavy atom. The maximum absolute atomic E-state index is 15.1. The van der Waals surface area contributed by atoms with Crippen molar-refractivity contribution in [2.75, 3.05) is 12.0 Å². The predicted molar refractivity (Wildman–Crippen MR) is 202 cm³/mol. The van der Waals surface area contributed by atoms with Gasteiger partial charge in [0.05, 0.1) is 39.6 Å². The second-order valence-electron chi connectivity index (χ2n) is 15.6. The van der Waals surface area contributed by atoms with E-state index < -0.39 is 40.5 Å². The smallest absolute Gasteiger partial charge is 0.242 e. The number of fused-ring (bicyclic) bond motifs is 5. The minimum atomic E-state index is -1.28. The lowest BCUT2D eigenvalue weighted by Crippen LogP contribution is -2.49. The lowest BCUT2D eigenvalue weighted by Gasteiger charge is -2.49. The summed E-state index contributed by atoms with van der Waals surface area (Å²) in [5, 5.41) is 17.2. The topological polar surface area (TPSA) is 122 Å². The highest BCUT2D eigenvalue weighted by molar-refractivity contribution is 9.10. The van der Waals surface area contributed by atoms with Crippen LogP contribution in [0.15, 0.2) is 52.5 Å². The largest absolute Gasteiger partial charge is 0.503 e. The number of allylic oxidation sites excluding steroid dienone is 2. The van der Waals surface area contributed by atoms with Crippen molar-refractivity contribution >= 4 is 78.4 Å². The van der Waals surface area contributed by atoms with E-state index in [1.54, 1.807) is 41.3 Å². The van der Waals surface area contributed by atoms with Crippen LogP contribution in [0.3, 0.4) is 0 Å². The number of benzene rings is 2. The van der Waals surface area contributed by atoms with Gasteiger partial charge in [-0.2, -0.15) is 5.10 Å². The molecule has 270 valence electrons. The molecule has 6 unspecified atom stereocenters. The summed E-state index contributed by atoms with van der Waals surface area (Å²) in [5.74, 6) is -3.89. The van der Waals surface area contributed by atoms with Gasteiger partial charge in [-0.3, -0.25) is 28.8 Å². The van der Waals surface area contributed by atoms with Crippen LogP contribution < -0.4 is 9.64 Å². The highest BCUT2D eigenvalue weighted by Crippen LogP contribution is 2.64. The van der Waals surface area contributed by atoms with Gasteiger partial charge in [0.1, 0.15) is 11.5 Å². The number of carbonyl (C=O) groups is 4. The summed E-state index contributed by atoms with van der Waals surface area (Å²) in [4.78, 5) is 61.5. The summed E-state index contributed by atoms with van der Waals surface area (Å²) >= 11 is 11.4. The number of amides is 4. The number of aromatic nitrogens is 2. The van der Waals surface area contributed by atoms with Crippen molar-refractivity contribution in [3.8, 4) is 22.1 Å². The third kappa shape index (κ3) is 4.75. The first-order chi connectivity index (χ1) is 24.5. The number of anilines is 1. The molecule has 3 fully saturated rings. The quantitative estimate of drug-likeness (QED) is 0.165. The SMILES string of the molecule is COc1cc(C2C3=CCC4C(=O)N(C(C)(C)C)C(=O)C4C3CC3C(=O)N(c4cc(-c5sc6ccc(Cl)cc6c5C)nn4C)C(=O)C32C)cc(Br)c1O. The van der Waals surface area contributed by atoms with Crippen LogP contribution in [0.2, 0.25) is 5.02 Å². The van der Waals surface area contributed by atoms with Gasteiger partial charge in [-0.05, 0) is 116 Å². The van der Waals surface area contributed by atoms with Gasteiger partial charge >= 0.3 is 0 Å². The molecule has 4 heterocycles. The Morgan fingerprint density at radius 1 is 1.06 bits per heavy atom. The van der Waals surface area contributed by atoms with E-state index in [2.05, 4.69) is 15.9 Å². The predicted octanol–water partition coefficient (Wildman–Crippen LogP) is 7.77. The van der Waals surface area contributed by atoms with E-state index in [0.717, 1.165) is 26.1 Å². The molecule has 1 N–H and O–H groups in total. The zero-order chi connectivity index (χ0) is 37.3. The molecule has 4 aliphatic rings. The summed E-state index contributed by atoms with van der Waals surface area (Å²) in [6.07, 6.45) is 2.59. The van der Waals surface area contributed by atoms with E-state index in [4.69, 9.17) is 21.4 Å². The van der Waals surface area contributed by atoms with Crippen molar-refractivity contribution in [2.45, 2.75) is 58.9 Å². The molecule has 1 saturated carbocycles. The molecule has 4 aromatic rings. The standard InChI is InChI=1S/C39H38BrClN4O6S/c1-17-22-14-19(41)8-11-28(22)52-33(17)26-16-29(43(6)42-26)44-35(48)24-15-23-20(9-10-21-30(23)36(49)45(34(21)47)38(2,3)4)31(39(24,5)37(44)50)18-12-25(40)32(46)27(13-18)51-7/h8-9,11-14,16,21,23-24,30-31,46H,10,15H2,1-7H3. The normalized spacial score (nSPS) is 27.3. The molecule has 6 atom stereocenters. The summed E-state index contributed by atoms with van der Waals surface area (Å²) in [6, 6.07) is 11.0. The molecular weight excluding hydrogens is 768 g/mol. The number of methoxy groups -OCH3 is 1. The number of carbonyl (C=O) groups excluding carboxylic acids is 4. The summed E-state index contributed by atoms with van der Waals surface area (Å²) < 4.78 is 8.53. The van der Waals surface area contributed by atoms with Crippen molar-refractivity contribution in [1.82, 2.24) is 14.7 Å². The van der Waals surface area contributed by atoms with Crippen molar-refractivity contribution in [3.05, 3.63) is 68.7 Å². The Balaban J connectivity index is 1.27. The number of imide groups is 2. The second-order valence-corrected chi connectivity index (χ2v) is 17.9. The first-order valence-corrected chi connectivity index (χ1v) is 19.2. The van der Waals surface area contributed by atoms with Gasteiger partial charge in [0.2, 0.25) is 23.6 Å². The molecule has 0 spiro atoms. The van der Waals surface area contributed by atoms with Crippen molar-refractivity contribution in [1.29, 1.82) is 0 Å². The molecule has 8 rings (SSSR count). The number of nitrogens with zero attached hydrogens (tertiary/aromatic N) is 4. The van der Waals surface area contributed by atoms with E-state index >= 15 is 4.79 Å². The molecule has 10 nitrogen and oxygen atoms in total. The number of hydrogen-bond acceptors (Lipinski definition) is 8. The number of aryl methyl sites for hydroxylation is 2. The van der Waals surface area contributed by atoms with Crippen LogP contribution in [0, 0.1) is 36.0 Å². The molecule has 2 saturated heterocycles. The van der Waals surface area contributed by atoms with Crippen LogP contribution in [0.4, 0.5) is 5.82 Å². The molecule has 52 heavy (non-hydrogen) atoms. The van der Waals surface area contributed by atoms with E-state index in [-0.39, 0.29) is 41.5 Å². The highest BCUT2D eigenvalue weighted by atomic mass is 79.9. The van der Waals surface area contributed by atoms with Gasteiger partial charge in [-0.25, -0.2) is 4.90 Å². The number of thiophene rings is 1.